The number of piperidine rings is 1. The van der Waals surface area contributed by atoms with Crippen LogP contribution in [0.3, 0.4) is 0 Å². The monoisotopic (exact) mass is 466 g/mol. The smallest absolute Gasteiger partial charge is 0.243 e. The maximum Gasteiger partial charge on any atom is 0.243 e. The Morgan fingerprint density at radius 1 is 1.00 bits per heavy atom. The molecule has 0 saturated carbocycles. The van der Waals surface area contributed by atoms with Crippen molar-refractivity contribution in [2.24, 2.45) is 5.92 Å². The highest BCUT2D eigenvalue weighted by Crippen LogP contribution is 2.25. The zero-order chi connectivity index (χ0) is 23.0. The van der Waals surface area contributed by atoms with Gasteiger partial charge in [0.1, 0.15) is 5.75 Å². The molecule has 3 rings (SSSR count). The molecule has 0 radical (unpaired) electrons. The van der Waals surface area contributed by atoms with Gasteiger partial charge < -0.3 is 19.9 Å². The van der Waals surface area contributed by atoms with Gasteiger partial charge in [0.2, 0.25) is 15.9 Å². The molecule has 2 saturated heterocycles. The molecular formula is C23H38N4O4S. The van der Waals surface area contributed by atoms with Crippen LogP contribution in [0.4, 0.5) is 0 Å². The molecule has 0 bridgehead atoms. The zero-order valence-electron chi connectivity index (χ0n) is 19.5. The number of benzene rings is 1. The third-order valence-electron chi connectivity index (χ3n) is 6.46. The third-order valence-corrected chi connectivity index (χ3v) is 8.37. The molecule has 1 amide bonds. The van der Waals surface area contributed by atoms with Crippen LogP contribution in [0.5, 0.6) is 5.75 Å². The van der Waals surface area contributed by atoms with Crippen LogP contribution >= 0.6 is 0 Å². The number of amides is 1. The van der Waals surface area contributed by atoms with E-state index in [0.717, 1.165) is 45.7 Å². The van der Waals surface area contributed by atoms with Crippen LogP contribution in [0.2, 0.25) is 0 Å². The van der Waals surface area contributed by atoms with E-state index in [-0.39, 0.29) is 16.7 Å². The van der Waals surface area contributed by atoms with E-state index < -0.39 is 10.0 Å². The highest BCUT2D eigenvalue weighted by Gasteiger charge is 2.32. The second-order valence-corrected chi connectivity index (χ2v) is 10.4. The fourth-order valence-electron chi connectivity index (χ4n) is 4.37. The summed E-state index contributed by atoms with van der Waals surface area (Å²) in [5, 5.41) is 3.06. The molecule has 32 heavy (non-hydrogen) atoms. The largest absolute Gasteiger partial charge is 0.494 e. The first-order valence-corrected chi connectivity index (χ1v) is 13.3. The molecule has 1 N–H and O–H groups in total. The van der Waals surface area contributed by atoms with Crippen LogP contribution in [0.15, 0.2) is 29.2 Å². The van der Waals surface area contributed by atoms with Gasteiger partial charge in [-0.3, -0.25) is 4.79 Å². The van der Waals surface area contributed by atoms with E-state index in [9.17, 15) is 13.2 Å². The number of ether oxygens (including phenoxy) is 1. The van der Waals surface area contributed by atoms with Crippen molar-refractivity contribution in [2.75, 3.05) is 65.5 Å². The van der Waals surface area contributed by atoms with Gasteiger partial charge in [0.25, 0.3) is 0 Å². The molecule has 8 nitrogen and oxygen atoms in total. The van der Waals surface area contributed by atoms with Crippen LogP contribution in [0, 0.1) is 5.92 Å². The van der Waals surface area contributed by atoms with Crippen LogP contribution in [0.25, 0.3) is 0 Å². The molecule has 0 aliphatic carbocycles. The molecule has 0 unspecified atom stereocenters. The number of carbonyl (C=O) groups is 1. The Balaban J connectivity index is 1.37. The molecular weight excluding hydrogens is 428 g/mol. The number of nitrogens with zero attached hydrogens (tertiary/aromatic N) is 3. The maximum atomic E-state index is 12.9. The summed E-state index contributed by atoms with van der Waals surface area (Å²) in [6.45, 7) is 12.6. The Morgan fingerprint density at radius 3 is 2.22 bits per heavy atom. The van der Waals surface area contributed by atoms with Crippen molar-refractivity contribution >= 4 is 15.9 Å². The van der Waals surface area contributed by atoms with Gasteiger partial charge in [-0.25, -0.2) is 8.42 Å². The van der Waals surface area contributed by atoms with E-state index in [2.05, 4.69) is 22.0 Å². The number of likely N-dealkylation sites (N-methyl/N-ethyl adjacent to an activating group) is 1. The molecule has 2 aliphatic rings. The summed E-state index contributed by atoms with van der Waals surface area (Å²) >= 11 is 0. The predicted octanol–water partition coefficient (Wildman–Crippen LogP) is 1.63. The minimum Gasteiger partial charge on any atom is -0.494 e. The van der Waals surface area contributed by atoms with Crippen molar-refractivity contribution in [2.45, 2.75) is 38.0 Å². The molecule has 2 aliphatic heterocycles. The lowest BCUT2D eigenvalue weighted by molar-refractivity contribution is -0.126. The van der Waals surface area contributed by atoms with Gasteiger partial charge in [-0.2, -0.15) is 4.31 Å². The molecule has 9 heteroatoms. The van der Waals surface area contributed by atoms with E-state index in [1.54, 1.807) is 24.3 Å². The summed E-state index contributed by atoms with van der Waals surface area (Å²) in [6.07, 6.45) is 2.06. The molecule has 180 valence electrons. The summed E-state index contributed by atoms with van der Waals surface area (Å²) in [7, 11) is -3.55. The summed E-state index contributed by atoms with van der Waals surface area (Å²) in [5.41, 5.74) is 0. The Hall–Kier alpha value is -1.68. The summed E-state index contributed by atoms with van der Waals surface area (Å²) in [6, 6.07) is 6.53. The van der Waals surface area contributed by atoms with Gasteiger partial charge in [0.05, 0.1) is 11.5 Å². The number of sulfonamides is 1. The minimum absolute atomic E-state index is 0.0546. The van der Waals surface area contributed by atoms with Crippen LogP contribution in [-0.2, 0) is 14.8 Å². The molecule has 0 aromatic heterocycles. The van der Waals surface area contributed by atoms with E-state index in [0.29, 0.717) is 44.8 Å². The highest BCUT2D eigenvalue weighted by atomic mass is 32.2. The lowest BCUT2D eigenvalue weighted by atomic mass is 9.97. The average Bonchev–Trinajstić information content (AvgIpc) is 2.83. The quantitative estimate of drug-likeness (QED) is 0.528. The van der Waals surface area contributed by atoms with E-state index in [4.69, 9.17) is 4.74 Å². The second kappa shape index (κ2) is 12.0. The first-order chi connectivity index (χ1) is 15.4. The maximum absolute atomic E-state index is 12.9. The molecule has 1 aromatic carbocycles. The number of piperazine rings is 1. The lowest BCUT2D eigenvalue weighted by Crippen LogP contribution is -2.47. The standard InChI is InChI=1S/C23H38N4O4S/c1-3-25-16-18-26(19-17-25)13-5-12-24-23(28)20-10-14-27(15-11-20)32(29,30)22-8-6-21(7-9-22)31-4-2/h6-9,20H,3-5,10-19H2,1-2H3,(H,24,28). The number of nitrogens with one attached hydrogen (secondary N) is 1. The summed E-state index contributed by atoms with van der Waals surface area (Å²) in [5.74, 6) is 0.596. The van der Waals surface area contributed by atoms with Crippen LogP contribution in [0.1, 0.15) is 33.1 Å². The third kappa shape index (κ3) is 6.66. The Morgan fingerprint density at radius 2 is 1.62 bits per heavy atom. The van der Waals surface area contributed by atoms with Gasteiger partial charge in [0.15, 0.2) is 0 Å². The first kappa shape index (κ1) is 25.0. The first-order valence-electron chi connectivity index (χ1n) is 11.9. The number of hydrogen-bond donors (Lipinski definition) is 1. The Kier molecular flexibility index (Phi) is 9.34. The van der Waals surface area contributed by atoms with Gasteiger partial charge in [-0.15, -0.1) is 0 Å². The topological polar surface area (TPSA) is 82.2 Å². The van der Waals surface area contributed by atoms with Crippen molar-refractivity contribution < 1.29 is 17.9 Å². The molecule has 1 aromatic rings. The fourth-order valence-corrected chi connectivity index (χ4v) is 5.84. The van der Waals surface area contributed by atoms with Crippen molar-refractivity contribution in [1.82, 2.24) is 19.4 Å². The summed E-state index contributed by atoms with van der Waals surface area (Å²) < 4.78 is 32.7. The number of carbonyl (C=O) groups excluding carboxylic acids is 1. The van der Waals surface area contributed by atoms with E-state index >= 15 is 0 Å². The number of hydrogen-bond acceptors (Lipinski definition) is 6. The molecule has 0 spiro atoms. The number of rotatable bonds is 10. The van der Waals surface area contributed by atoms with Gasteiger partial charge >= 0.3 is 0 Å². The Labute approximate surface area is 192 Å². The molecule has 2 fully saturated rings. The van der Waals surface area contributed by atoms with Crippen molar-refractivity contribution in [3.63, 3.8) is 0 Å². The normalized spacial score (nSPS) is 19.7. The van der Waals surface area contributed by atoms with Gasteiger partial charge in [-0.05, 0) is 63.5 Å². The van der Waals surface area contributed by atoms with Crippen molar-refractivity contribution in [3.8, 4) is 5.75 Å². The SMILES string of the molecule is CCOc1ccc(S(=O)(=O)N2CCC(C(=O)NCCCN3CCN(CC)CC3)CC2)cc1. The second-order valence-electron chi connectivity index (χ2n) is 8.50. The van der Waals surface area contributed by atoms with Gasteiger partial charge in [0, 0.05) is 51.7 Å². The Bertz CT molecular complexity index is 815. The average molecular weight is 467 g/mol. The highest BCUT2D eigenvalue weighted by molar-refractivity contribution is 7.89. The van der Waals surface area contributed by atoms with Crippen molar-refractivity contribution in [3.05, 3.63) is 24.3 Å². The van der Waals surface area contributed by atoms with Crippen LogP contribution in [-0.4, -0.2) is 93.9 Å². The zero-order valence-corrected chi connectivity index (χ0v) is 20.3. The lowest BCUT2D eigenvalue weighted by Gasteiger charge is -2.34. The predicted molar refractivity (Wildman–Crippen MR) is 125 cm³/mol. The van der Waals surface area contributed by atoms with Crippen molar-refractivity contribution in [1.29, 1.82) is 0 Å². The van der Waals surface area contributed by atoms with E-state index in [1.165, 1.54) is 4.31 Å². The molecule has 2 heterocycles. The minimum atomic E-state index is -3.55. The molecule has 0 atom stereocenters. The summed E-state index contributed by atoms with van der Waals surface area (Å²) in [4.78, 5) is 17.7. The van der Waals surface area contributed by atoms with E-state index in [1.807, 2.05) is 6.92 Å². The van der Waals surface area contributed by atoms with Crippen LogP contribution < -0.4 is 10.1 Å². The van der Waals surface area contributed by atoms with Gasteiger partial charge in [-0.1, -0.05) is 6.92 Å². The fraction of sp³-hybridized carbons (Fsp3) is 0.696.